The molecule has 0 radical (unpaired) electrons. The second kappa shape index (κ2) is 3.63. The molecule has 0 amide bonds. The number of hydrogen-bond donors (Lipinski definition) is 1. The summed E-state index contributed by atoms with van der Waals surface area (Å²) >= 11 is 0. The summed E-state index contributed by atoms with van der Waals surface area (Å²) in [6.45, 7) is 0. The van der Waals surface area contributed by atoms with Crippen LogP contribution in [-0.2, 0) is 0 Å². The Hall–Kier alpha value is -1.84. The highest BCUT2D eigenvalue weighted by Gasteiger charge is 2.25. The highest BCUT2D eigenvalue weighted by molar-refractivity contribution is 5.70. The van der Waals surface area contributed by atoms with Crippen LogP contribution in [0.4, 0.5) is 5.69 Å². The van der Waals surface area contributed by atoms with Crippen molar-refractivity contribution in [1.82, 2.24) is 10.1 Å². The maximum absolute atomic E-state index is 5.86. The van der Waals surface area contributed by atoms with Crippen LogP contribution in [0.3, 0.4) is 0 Å². The highest BCUT2D eigenvalue weighted by atomic mass is 16.5. The Morgan fingerprint density at radius 2 is 2.06 bits per heavy atom. The Labute approximate surface area is 93.5 Å². The minimum absolute atomic E-state index is 0.464. The van der Waals surface area contributed by atoms with Crippen LogP contribution in [0, 0.1) is 0 Å². The number of aromatic nitrogens is 2. The van der Waals surface area contributed by atoms with E-state index in [-0.39, 0.29) is 0 Å². The average molecular weight is 215 g/mol. The zero-order valence-electron chi connectivity index (χ0n) is 8.89. The van der Waals surface area contributed by atoms with Gasteiger partial charge in [0.25, 0.3) is 0 Å². The van der Waals surface area contributed by atoms with Gasteiger partial charge in [0.2, 0.25) is 11.7 Å². The normalized spacial score (nSPS) is 16.0. The summed E-state index contributed by atoms with van der Waals surface area (Å²) in [6, 6.07) is 7.57. The monoisotopic (exact) mass is 215 g/mol. The Kier molecular flexibility index (Phi) is 2.13. The first-order chi connectivity index (χ1) is 7.84. The molecule has 1 aromatic heterocycles. The minimum Gasteiger partial charge on any atom is -0.398 e. The summed E-state index contributed by atoms with van der Waals surface area (Å²) < 4.78 is 5.26. The average Bonchev–Trinajstić information content (AvgIpc) is 2.65. The Bertz CT molecular complexity index is 502. The number of nitrogen functional groups attached to an aromatic ring is 1. The minimum atomic E-state index is 0.464. The van der Waals surface area contributed by atoms with Crippen LogP contribution in [-0.4, -0.2) is 10.1 Å². The number of anilines is 1. The van der Waals surface area contributed by atoms with Crippen LogP contribution in [0.15, 0.2) is 28.8 Å². The van der Waals surface area contributed by atoms with Crippen molar-refractivity contribution in [3.63, 3.8) is 0 Å². The van der Waals surface area contributed by atoms with Gasteiger partial charge in [0.1, 0.15) is 0 Å². The Morgan fingerprint density at radius 1 is 1.25 bits per heavy atom. The third-order valence-electron chi connectivity index (χ3n) is 3.10. The van der Waals surface area contributed by atoms with Crippen molar-refractivity contribution < 1.29 is 4.52 Å². The van der Waals surface area contributed by atoms with Gasteiger partial charge in [-0.2, -0.15) is 4.98 Å². The molecule has 1 aromatic carbocycles. The molecule has 82 valence electrons. The molecular weight excluding hydrogens is 202 g/mol. The molecule has 2 N–H and O–H groups in total. The molecule has 0 spiro atoms. The van der Waals surface area contributed by atoms with E-state index in [0.29, 0.717) is 17.4 Å². The van der Waals surface area contributed by atoms with Crippen molar-refractivity contribution >= 4 is 5.69 Å². The molecule has 1 heterocycles. The molecule has 4 nitrogen and oxygen atoms in total. The fraction of sp³-hybridized carbons (Fsp3) is 0.333. The number of rotatable bonds is 2. The van der Waals surface area contributed by atoms with Crippen molar-refractivity contribution in [2.45, 2.75) is 25.2 Å². The predicted molar refractivity (Wildman–Crippen MR) is 60.7 cm³/mol. The summed E-state index contributed by atoms with van der Waals surface area (Å²) in [5.41, 5.74) is 7.39. The zero-order chi connectivity index (χ0) is 11.0. The fourth-order valence-electron chi connectivity index (χ4n) is 1.87. The van der Waals surface area contributed by atoms with Crippen LogP contribution in [0.5, 0.6) is 0 Å². The van der Waals surface area contributed by atoms with Crippen molar-refractivity contribution in [3.05, 3.63) is 30.2 Å². The van der Waals surface area contributed by atoms with E-state index in [9.17, 15) is 0 Å². The second-order valence-electron chi connectivity index (χ2n) is 4.17. The SMILES string of the molecule is Nc1ccccc1-c1noc(C2CCC2)n1. The van der Waals surface area contributed by atoms with E-state index in [1.807, 2.05) is 24.3 Å². The molecule has 1 aliphatic carbocycles. The lowest BCUT2D eigenvalue weighted by molar-refractivity contribution is 0.292. The summed E-state index contributed by atoms with van der Waals surface area (Å²) in [7, 11) is 0. The predicted octanol–water partition coefficient (Wildman–Crippen LogP) is 2.59. The van der Waals surface area contributed by atoms with Gasteiger partial charge in [0, 0.05) is 17.2 Å². The third kappa shape index (κ3) is 1.46. The second-order valence-corrected chi connectivity index (χ2v) is 4.17. The van der Waals surface area contributed by atoms with Crippen LogP contribution in [0.25, 0.3) is 11.4 Å². The fourth-order valence-corrected chi connectivity index (χ4v) is 1.87. The molecule has 16 heavy (non-hydrogen) atoms. The molecule has 2 aromatic rings. The van der Waals surface area contributed by atoms with Gasteiger partial charge in [0.15, 0.2) is 0 Å². The lowest BCUT2D eigenvalue weighted by Crippen LogP contribution is -2.08. The van der Waals surface area contributed by atoms with Gasteiger partial charge in [-0.3, -0.25) is 0 Å². The molecule has 0 aliphatic heterocycles. The topological polar surface area (TPSA) is 64.9 Å². The van der Waals surface area contributed by atoms with Gasteiger partial charge in [0.05, 0.1) is 0 Å². The Morgan fingerprint density at radius 3 is 2.75 bits per heavy atom. The molecule has 4 heteroatoms. The van der Waals surface area contributed by atoms with Crippen molar-refractivity contribution in [2.75, 3.05) is 5.73 Å². The number of nitrogens with two attached hydrogens (primary N) is 1. The van der Waals surface area contributed by atoms with E-state index in [1.54, 1.807) is 0 Å². The van der Waals surface area contributed by atoms with Gasteiger partial charge < -0.3 is 10.3 Å². The van der Waals surface area contributed by atoms with Gasteiger partial charge in [-0.15, -0.1) is 0 Å². The van der Waals surface area contributed by atoms with E-state index >= 15 is 0 Å². The van der Waals surface area contributed by atoms with Gasteiger partial charge in [-0.1, -0.05) is 23.7 Å². The summed E-state index contributed by atoms with van der Waals surface area (Å²) in [4.78, 5) is 4.41. The zero-order valence-corrected chi connectivity index (χ0v) is 8.89. The number of hydrogen-bond acceptors (Lipinski definition) is 4. The largest absolute Gasteiger partial charge is 0.398 e. The molecule has 0 atom stereocenters. The molecule has 0 unspecified atom stereocenters. The quantitative estimate of drug-likeness (QED) is 0.782. The van der Waals surface area contributed by atoms with Crippen LogP contribution >= 0.6 is 0 Å². The molecular formula is C12H13N3O. The third-order valence-corrected chi connectivity index (χ3v) is 3.10. The first-order valence-corrected chi connectivity index (χ1v) is 5.53. The lowest BCUT2D eigenvalue weighted by Gasteiger charge is -2.20. The number of para-hydroxylation sites is 1. The number of nitrogens with zero attached hydrogens (tertiary/aromatic N) is 2. The first kappa shape index (κ1) is 9.39. The van der Waals surface area contributed by atoms with E-state index < -0.39 is 0 Å². The first-order valence-electron chi connectivity index (χ1n) is 5.53. The lowest BCUT2D eigenvalue weighted by atomic mass is 9.85. The summed E-state index contributed by atoms with van der Waals surface area (Å²) in [5.74, 6) is 1.82. The van der Waals surface area contributed by atoms with Crippen LogP contribution < -0.4 is 5.73 Å². The van der Waals surface area contributed by atoms with Crippen LogP contribution in [0.2, 0.25) is 0 Å². The maximum Gasteiger partial charge on any atom is 0.230 e. The molecule has 1 aliphatic rings. The van der Waals surface area contributed by atoms with E-state index in [1.165, 1.54) is 6.42 Å². The molecule has 0 bridgehead atoms. The summed E-state index contributed by atoms with van der Waals surface area (Å²) in [5, 5.41) is 3.98. The standard InChI is InChI=1S/C12H13N3O/c13-10-7-2-1-6-9(10)11-14-12(16-15-11)8-4-3-5-8/h1-2,6-8H,3-5,13H2. The van der Waals surface area contributed by atoms with Gasteiger partial charge in [-0.05, 0) is 25.0 Å². The van der Waals surface area contributed by atoms with Gasteiger partial charge in [-0.25, -0.2) is 0 Å². The molecule has 1 saturated carbocycles. The van der Waals surface area contributed by atoms with E-state index in [2.05, 4.69) is 10.1 Å². The van der Waals surface area contributed by atoms with Crippen molar-refractivity contribution in [2.24, 2.45) is 0 Å². The van der Waals surface area contributed by atoms with Crippen molar-refractivity contribution in [3.8, 4) is 11.4 Å². The van der Waals surface area contributed by atoms with Crippen LogP contribution in [0.1, 0.15) is 31.1 Å². The highest BCUT2D eigenvalue weighted by Crippen LogP contribution is 2.36. The smallest absolute Gasteiger partial charge is 0.230 e. The number of benzene rings is 1. The summed E-state index contributed by atoms with van der Waals surface area (Å²) in [6.07, 6.45) is 3.58. The van der Waals surface area contributed by atoms with Crippen molar-refractivity contribution in [1.29, 1.82) is 0 Å². The molecule has 3 rings (SSSR count). The van der Waals surface area contributed by atoms with E-state index in [4.69, 9.17) is 10.3 Å². The van der Waals surface area contributed by atoms with E-state index in [0.717, 1.165) is 24.3 Å². The maximum atomic E-state index is 5.86. The molecule has 0 saturated heterocycles. The Balaban J connectivity index is 1.95. The van der Waals surface area contributed by atoms with Gasteiger partial charge >= 0.3 is 0 Å². The molecule has 1 fully saturated rings.